The number of benzene rings is 2. The minimum atomic E-state index is -4.38. The molecular weight excluding hydrogens is 397 g/mol. The van der Waals surface area contributed by atoms with Gasteiger partial charge in [-0.3, -0.25) is 10.5 Å². The standard InChI is InChI=1S/C19H14ClF3N2OS/c20-15-6-4-13(5-7-15)17(26)11-25-10-16(27-18(25)24)9-12-2-1-3-14(8-12)19(21,22)23/h1-8,10,24H,9,11H2/p+1. The van der Waals surface area contributed by atoms with Crippen LogP contribution in [0.1, 0.15) is 26.4 Å². The Bertz CT molecular complexity index is 968. The molecule has 0 fully saturated rings. The topological polar surface area (TPSA) is 47.0 Å². The van der Waals surface area contributed by atoms with E-state index in [2.05, 4.69) is 0 Å². The summed E-state index contributed by atoms with van der Waals surface area (Å²) in [6.45, 7) is 0.0482. The Morgan fingerprint density at radius 2 is 1.85 bits per heavy atom. The fourth-order valence-electron chi connectivity index (χ4n) is 2.60. The zero-order valence-electron chi connectivity index (χ0n) is 14.0. The van der Waals surface area contributed by atoms with Gasteiger partial charge in [-0.2, -0.15) is 13.2 Å². The molecule has 0 saturated carbocycles. The molecular formula is C19H15ClF3N2OS+. The third-order valence-corrected chi connectivity index (χ3v) is 5.14. The van der Waals surface area contributed by atoms with E-state index in [0.717, 1.165) is 17.0 Å². The minimum Gasteiger partial charge on any atom is -0.290 e. The number of alkyl halides is 3. The van der Waals surface area contributed by atoms with Gasteiger partial charge in [0.05, 0.1) is 10.4 Å². The van der Waals surface area contributed by atoms with Gasteiger partial charge in [0.2, 0.25) is 5.78 Å². The summed E-state index contributed by atoms with van der Waals surface area (Å²) in [5.41, 5.74) is 6.33. The van der Waals surface area contributed by atoms with E-state index in [1.54, 1.807) is 41.1 Å². The third-order valence-electron chi connectivity index (χ3n) is 3.93. The van der Waals surface area contributed by atoms with Crippen molar-refractivity contribution in [3.63, 3.8) is 0 Å². The van der Waals surface area contributed by atoms with Crippen LogP contribution < -0.4 is 10.3 Å². The molecule has 1 aromatic heterocycles. The molecule has 0 saturated heterocycles. The van der Waals surface area contributed by atoms with E-state index in [0.29, 0.717) is 27.7 Å². The summed E-state index contributed by atoms with van der Waals surface area (Å²) < 4.78 is 40.1. The highest BCUT2D eigenvalue weighted by molar-refractivity contribution is 7.14. The number of nitrogens with two attached hydrogens (primary N) is 1. The fourth-order valence-corrected chi connectivity index (χ4v) is 3.65. The molecule has 140 valence electrons. The first-order valence-corrected chi connectivity index (χ1v) is 9.14. The van der Waals surface area contributed by atoms with Crippen LogP contribution in [0.4, 0.5) is 18.3 Å². The van der Waals surface area contributed by atoms with Gasteiger partial charge >= 0.3 is 11.3 Å². The molecule has 0 aliphatic rings. The summed E-state index contributed by atoms with van der Waals surface area (Å²) in [4.78, 5) is 13.1. The Morgan fingerprint density at radius 1 is 1.15 bits per heavy atom. The van der Waals surface area contributed by atoms with Gasteiger partial charge in [-0.05, 0) is 35.9 Å². The number of Topliss-reactive ketones (excluding diaryl/α,β-unsaturated/α-hetero) is 1. The van der Waals surface area contributed by atoms with Gasteiger partial charge in [0.1, 0.15) is 6.20 Å². The number of nitrogen functional groups attached to an aromatic ring is 1. The highest BCUT2D eigenvalue weighted by atomic mass is 35.5. The molecule has 0 radical (unpaired) electrons. The summed E-state index contributed by atoms with van der Waals surface area (Å²) in [6.07, 6.45) is -2.37. The Balaban J connectivity index is 1.75. The zero-order chi connectivity index (χ0) is 19.6. The summed E-state index contributed by atoms with van der Waals surface area (Å²) in [6, 6.07) is 11.7. The maximum atomic E-state index is 12.8. The lowest BCUT2D eigenvalue weighted by atomic mass is 10.1. The van der Waals surface area contributed by atoms with Crippen molar-refractivity contribution in [3.8, 4) is 0 Å². The Labute approximate surface area is 162 Å². The lowest BCUT2D eigenvalue weighted by Gasteiger charge is -2.07. The van der Waals surface area contributed by atoms with Crippen molar-refractivity contribution >= 4 is 33.9 Å². The summed E-state index contributed by atoms with van der Waals surface area (Å²) in [7, 11) is 0. The summed E-state index contributed by atoms with van der Waals surface area (Å²) >= 11 is 7.06. The number of nitrogens with zero attached hydrogens (tertiary/aromatic N) is 1. The number of ketones is 1. The number of halogens is 4. The van der Waals surface area contributed by atoms with Crippen LogP contribution in [0.25, 0.3) is 0 Å². The van der Waals surface area contributed by atoms with Gasteiger partial charge < -0.3 is 0 Å². The van der Waals surface area contributed by atoms with Crippen molar-refractivity contribution < 1.29 is 22.5 Å². The highest BCUT2D eigenvalue weighted by Gasteiger charge is 2.30. The van der Waals surface area contributed by atoms with Crippen LogP contribution >= 0.6 is 22.9 Å². The quantitative estimate of drug-likeness (QED) is 0.486. The number of carbonyl (C=O) groups is 1. The van der Waals surface area contributed by atoms with E-state index < -0.39 is 11.7 Å². The second-order valence-electron chi connectivity index (χ2n) is 5.97. The van der Waals surface area contributed by atoms with E-state index in [1.807, 2.05) is 0 Å². The van der Waals surface area contributed by atoms with E-state index in [4.69, 9.17) is 17.3 Å². The van der Waals surface area contributed by atoms with Gasteiger partial charge in [0, 0.05) is 17.0 Å². The molecule has 0 atom stereocenters. The van der Waals surface area contributed by atoms with Gasteiger partial charge in [-0.1, -0.05) is 41.1 Å². The van der Waals surface area contributed by atoms with E-state index in [9.17, 15) is 18.0 Å². The van der Waals surface area contributed by atoms with Crippen molar-refractivity contribution in [1.82, 2.24) is 0 Å². The average Bonchev–Trinajstić information content (AvgIpc) is 2.94. The number of thiazole rings is 1. The average molecular weight is 412 g/mol. The first-order chi connectivity index (χ1) is 12.7. The maximum Gasteiger partial charge on any atom is 0.416 e. The first kappa shape index (κ1) is 19.4. The summed E-state index contributed by atoms with van der Waals surface area (Å²) in [5.74, 6) is -0.133. The maximum absolute atomic E-state index is 12.8. The normalized spacial score (nSPS) is 11.6. The molecule has 0 aliphatic heterocycles. The second-order valence-corrected chi connectivity index (χ2v) is 7.55. The molecule has 1 heterocycles. The number of rotatable bonds is 5. The van der Waals surface area contributed by atoms with Gasteiger partial charge in [-0.15, -0.1) is 0 Å². The molecule has 0 bridgehead atoms. The van der Waals surface area contributed by atoms with Crippen LogP contribution in [0, 0.1) is 0 Å². The largest absolute Gasteiger partial charge is 0.416 e. The minimum absolute atomic E-state index is 0.0482. The van der Waals surface area contributed by atoms with Gasteiger partial charge in [0.15, 0.2) is 6.54 Å². The number of anilines is 1. The van der Waals surface area contributed by atoms with Crippen molar-refractivity contribution in [1.29, 1.82) is 0 Å². The van der Waals surface area contributed by atoms with Gasteiger partial charge in [0.25, 0.3) is 0 Å². The van der Waals surface area contributed by atoms with Crippen LogP contribution in [-0.4, -0.2) is 5.78 Å². The monoisotopic (exact) mass is 411 g/mol. The molecule has 0 unspecified atom stereocenters. The smallest absolute Gasteiger partial charge is 0.290 e. The molecule has 27 heavy (non-hydrogen) atoms. The first-order valence-electron chi connectivity index (χ1n) is 7.95. The molecule has 2 aromatic carbocycles. The van der Waals surface area contributed by atoms with Crippen molar-refractivity contribution in [3.05, 3.63) is 81.3 Å². The van der Waals surface area contributed by atoms with E-state index in [-0.39, 0.29) is 12.3 Å². The molecule has 0 spiro atoms. The zero-order valence-corrected chi connectivity index (χ0v) is 15.5. The van der Waals surface area contributed by atoms with Crippen LogP contribution in [0.2, 0.25) is 5.02 Å². The third kappa shape index (κ3) is 4.87. The number of hydrogen-bond donors (Lipinski definition) is 1. The summed E-state index contributed by atoms with van der Waals surface area (Å²) in [5, 5.41) is 0.955. The Hall–Kier alpha value is -2.38. The van der Waals surface area contributed by atoms with E-state index >= 15 is 0 Å². The molecule has 0 amide bonds. The molecule has 0 aliphatic carbocycles. The van der Waals surface area contributed by atoms with Crippen LogP contribution in [-0.2, 0) is 19.1 Å². The van der Waals surface area contributed by atoms with Gasteiger partial charge in [-0.25, -0.2) is 4.57 Å². The second kappa shape index (κ2) is 7.70. The molecule has 8 heteroatoms. The lowest BCUT2D eigenvalue weighted by Crippen LogP contribution is -2.38. The van der Waals surface area contributed by atoms with Crippen LogP contribution in [0.5, 0.6) is 0 Å². The fraction of sp³-hybridized carbons (Fsp3) is 0.158. The highest BCUT2D eigenvalue weighted by Crippen LogP contribution is 2.30. The van der Waals surface area contributed by atoms with Crippen molar-refractivity contribution in [2.45, 2.75) is 19.1 Å². The SMILES string of the molecule is Nc1sc(Cc2cccc(C(F)(F)F)c2)c[n+]1CC(=O)c1ccc(Cl)cc1. The molecule has 2 N–H and O–H groups in total. The molecule has 3 aromatic rings. The number of carbonyl (C=O) groups excluding carboxylic acids is 1. The van der Waals surface area contributed by atoms with Crippen LogP contribution in [0.3, 0.4) is 0 Å². The van der Waals surface area contributed by atoms with E-state index in [1.165, 1.54) is 17.4 Å². The van der Waals surface area contributed by atoms with Crippen molar-refractivity contribution in [2.75, 3.05) is 5.73 Å². The Kier molecular flexibility index (Phi) is 5.53. The van der Waals surface area contributed by atoms with Crippen LogP contribution in [0.15, 0.2) is 54.7 Å². The predicted molar refractivity (Wildman–Crippen MR) is 99.0 cm³/mol. The Morgan fingerprint density at radius 3 is 2.52 bits per heavy atom. The molecule has 3 rings (SSSR count). The number of aromatic nitrogens is 1. The number of hydrogen-bond acceptors (Lipinski definition) is 3. The molecule has 3 nitrogen and oxygen atoms in total. The lowest BCUT2D eigenvalue weighted by molar-refractivity contribution is -0.664. The predicted octanol–water partition coefficient (Wildman–Crippen LogP) is 4.76. The van der Waals surface area contributed by atoms with Crippen molar-refractivity contribution in [2.24, 2.45) is 0 Å².